The zero-order valence-electron chi connectivity index (χ0n) is 2.21. The Hall–Kier alpha value is 1.44. The average Bonchev–Trinajstić information content (AvgIpc) is 0. The van der Waals surface area contributed by atoms with Crippen molar-refractivity contribution >= 4 is 25.8 Å². The fourth-order valence-corrected chi connectivity index (χ4v) is 0. The fourth-order valence-electron chi connectivity index (χ4n) is 0. The van der Waals surface area contributed by atoms with Crippen molar-refractivity contribution in [2.75, 3.05) is 0 Å². The molecule has 0 aromatic carbocycles. The van der Waals surface area contributed by atoms with Crippen molar-refractivity contribution < 1.29 is 37.5 Å². The van der Waals surface area contributed by atoms with Gasteiger partial charge in [0.15, 0.2) is 0 Å². The molecule has 3 radical (unpaired) electrons. The van der Waals surface area contributed by atoms with Crippen molar-refractivity contribution in [3.63, 3.8) is 0 Å². The molecule has 0 saturated heterocycles. The van der Waals surface area contributed by atoms with Gasteiger partial charge in [0.05, 0.1) is 0 Å². The minimum Gasteiger partial charge on any atom is -2.00 e. The van der Waals surface area contributed by atoms with Crippen LogP contribution in [-0.4, -0.2) is 25.8 Å². The van der Waals surface area contributed by atoms with Crippen LogP contribution in [0.3, 0.4) is 0 Å². The monoisotopic (exact) mass is 347 g/mol. The standard InChI is InChI=1S/In.3O.W/q;3*-2;. The van der Waals surface area contributed by atoms with E-state index >= 15 is 0 Å². The minimum absolute atomic E-state index is 0. The van der Waals surface area contributed by atoms with Crippen molar-refractivity contribution in [3.05, 3.63) is 0 Å². The molecule has 5 heavy (non-hydrogen) atoms. The molecule has 0 spiro atoms. The first-order valence-corrected chi connectivity index (χ1v) is 0. The molecule has 3 nitrogen and oxygen atoms in total. The summed E-state index contributed by atoms with van der Waals surface area (Å²) in [6.07, 6.45) is 0. The molecule has 0 aromatic heterocycles. The maximum absolute atomic E-state index is 0. The molecule has 33 valence electrons. The van der Waals surface area contributed by atoms with Crippen LogP contribution in [0, 0.1) is 0 Å². The second kappa shape index (κ2) is 51.8. The maximum atomic E-state index is 0. The van der Waals surface area contributed by atoms with Crippen molar-refractivity contribution in [3.8, 4) is 0 Å². The van der Waals surface area contributed by atoms with Gasteiger partial charge in [-0.25, -0.2) is 0 Å². The molecule has 0 aliphatic rings. The first-order chi connectivity index (χ1) is 0. The molecular weight excluding hydrogens is 347 g/mol. The van der Waals surface area contributed by atoms with Gasteiger partial charge in [0.2, 0.25) is 0 Å². The van der Waals surface area contributed by atoms with Crippen LogP contribution in [0.2, 0.25) is 0 Å². The molecule has 0 bridgehead atoms. The summed E-state index contributed by atoms with van der Waals surface area (Å²) in [5.41, 5.74) is 0. The third-order valence-electron chi connectivity index (χ3n) is 0. The predicted octanol–water partition coefficient (Wildman–Crippen LogP) is -0.740. The summed E-state index contributed by atoms with van der Waals surface area (Å²) in [6, 6.07) is 0. The van der Waals surface area contributed by atoms with Crippen molar-refractivity contribution in [1.82, 2.24) is 0 Å². The van der Waals surface area contributed by atoms with E-state index in [0.29, 0.717) is 0 Å². The van der Waals surface area contributed by atoms with E-state index in [0.717, 1.165) is 0 Å². The number of rotatable bonds is 0. The van der Waals surface area contributed by atoms with Gasteiger partial charge in [0, 0.05) is 46.9 Å². The number of hydrogen-bond donors (Lipinski definition) is 0. The Labute approximate surface area is 63.1 Å². The van der Waals surface area contributed by atoms with Crippen molar-refractivity contribution in [1.29, 1.82) is 0 Å². The molecule has 0 aliphatic heterocycles. The Morgan fingerprint density at radius 1 is 0.600 bits per heavy atom. The Morgan fingerprint density at radius 3 is 0.600 bits per heavy atom. The van der Waals surface area contributed by atoms with E-state index < -0.39 is 0 Å². The van der Waals surface area contributed by atoms with Gasteiger partial charge in [-0.3, -0.25) is 0 Å². The summed E-state index contributed by atoms with van der Waals surface area (Å²) in [5, 5.41) is 0. The first kappa shape index (κ1) is 92.0. The van der Waals surface area contributed by atoms with Crippen molar-refractivity contribution in [2.24, 2.45) is 0 Å². The second-order valence-corrected chi connectivity index (χ2v) is 0. The predicted molar refractivity (Wildman–Crippen MR) is 7.81 cm³/mol. The van der Waals surface area contributed by atoms with E-state index in [4.69, 9.17) is 0 Å². The van der Waals surface area contributed by atoms with Gasteiger partial charge in [-0.05, 0) is 0 Å². The Balaban J connectivity index is 0. The summed E-state index contributed by atoms with van der Waals surface area (Å²) in [7, 11) is 0. The quantitative estimate of drug-likeness (QED) is 0.553. The largest absolute Gasteiger partial charge is 2.00 e. The summed E-state index contributed by atoms with van der Waals surface area (Å²) < 4.78 is 0. The molecule has 0 aliphatic carbocycles. The fraction of sp³-hybridized carbons (Fsp3) is 0. The van der Waals surface area contributed by atoms with Crippen LogP contribution in [0.15, 0.2) is 0 Å². The van der Waals surface area contributed by atoms with E-state index in [2.05, 4.69) is 0 Å². The average molecular weight is 347 g/mol. The van der Waals surface area contributed by atoms with Gasteiger partial charge in [-0.15, -0.1) is 0 Å². The van der Waals surface area contributed by atoms with E-state index in [1.54, 1.807) is 0 Å². The third kappa shape index (κ3) is 31.1. The van der Waals surface area contributed by atoms with E-state index in [-0.39, 0.29) is 63.3 Å². The van der Waals surface area contributed by atoms with Gasteiger partial charge in [-0.1, -0.05) is 0 Å². The molecule has 0 saturated carbocycles. The van der Waals surface area contributed by atoms with Crippen LogP contribution in [0.25, 0.3) is 0 Å². The molecule has 0 fully saturated rings. The molecule has 0 atom stereocenters. The van der Waals surface area contributed by atoms with Gasteiger partial charge in [0.1, 0.15) is 0 Å². The molecule has 0 unspecified atom stereocenters. The maximum Gasteiger partial charge on any atom is 0 e. The van der Waals surface area contributed by atoms with Crippen LogP contribution in [0.1, 0.15) is 0 Å². The topological polar surface area (TPSA) is 85.5 Å². The van der Waals surface area contributed by atoms with Crippen LogP contribution >= 0.6 is 0 Å². The molecule has 5 heteroatoms. The summed E-state index contributed by atoms with van der Waals surface area (Å²) in [6.45, 7) is 0. The zero-order valence-corrected chi connectivity index (χ0v) is 8.44. The van der Waals surface area contributed by atoms with Crippen LogP contribution in [-0.2, 0) is 37.5 Å². The van der Waals surface area contributed by atoms with E-state index in [1.165, 1.54) is 0 Å². The van der Waals surface area contributed by atoms with Gasteiger partial charge < -0.3 is 16.4 Å². The Bertz CT molecular complexity index is 6.85. The minimum atomic E-state index is 0. The van der Waals surface area contributed by atoms with Crippen LogP contribution in [0.4, 0.5) is 0 Å². The second-order valence-electron chi connectivity index (χ2n) is 0. The van der Waals surface area contributed by atoms with Gasteiger partial charge in [0.25, 0.3) is 0 Å². The Morgan fingerprint density at radius 2 is 0.600 bits per heavy atom. The molecule has 0 heterocycles. The first-order valence-electron chi connectivity index (χ1n) is 0. The summed E-state index contributed by atoms with van der Waals surface area (Å²) in [5.74, 6) is 0. The zero-order chi connectivity index (χ0) is 0. The number of hydrogen-bond acceptors (Lipinski definition) is 0. The third-order valence-corrected chi connectivity index (χ3v) is 0. The van der Waals surface area contributed by atoms with Gasteiger partial charge >= 0.3 is 0 Å². The summed E-state index contributed by atoms with van der Waals surface area (Å²) >= 11 is 0. The summed E-state index contributed by atoms with van der Waals surface area (Å²) in [4.78, 5) is 0. The smallest absolute Gasteiger partial charge is 0 e. The molecule has 0 aromatic rings. The molecule has 0 rings (SSSR count). The van der Waals surface area contributed by atoms with E-state index in [9.17, 15) is 0 Å². The van der Waals surface area contributed by atoms with Crippen LogP contribution in [0.5, 0.6) is 0 Å². The Kier molecular flexibility index (Phi) is 953. The molecular formula is InO3W-6. The molecule has 0 N–H and O–H groups in total. The van der Waals surface area contributed by atoms with E-state index in [1.807, 2.05) is 0 Å². The van der Waals surface area contributed by atoms with Crippen LogP contribution < -0.4 is 0 Å². The van der Waals surface area contributed by atoms with Crippen molar-refractivity contribution in [2.45, 2.75) is 0 Å². The van der Waals surface area contributed by atoms with Gasteiger partial charge in [-0.2, -0.15) is 0 Å². The SMILES string of the molecule is [In].[O-2].[O-2].[O-2].[W]. The normalized spacial score (nSPS) is 0. The molecule has 0 amide bonds.